The molecule has 5 rings (SSSR count). The zero-order valence-electron chi connectivity index (χ0n) is 15.6. The first kappa shape index (κ1) is 17.1. The van der Waals surface area contributed by atoms with Crippen molar-refractivity contribution >= 4 is 23.1 Å². The third kappa shape index (κ3) is 2.80. The summed E-state index contributed by atoms with van der Waals surface area (Å²) in [6.45, 7) is 2.74. The zero-order valence-corrected chi connectivity index (χ0v) is 15.6. The Bertz CT molecular complexity index is 1060. The highest BCUT2D eigenvalue weighted by molar-refractivity contribution is 5.95. The highest BCUT2D eigenvalue weighted by Gasteiger charge is 2.31. The van der Waals surface area contributed by atoms with Gasteiger partial charge in [-0.2, -0.15) is 5.10 Å². The summed E-state index contributed by atoms with van der Waals surface area (Å²) >= 11 is 0. The van der Waals surface area contributed by atoms with E-state index in [9.17, 15) is 9.18 Å². The van der Waals surface area contributed by atoms with Crippen LogP contribution in [0.5, 0.6) is 0 Å². The van der Waals surface area contributed by atoms with Gasteiger partial charge in [-0.25, -0.2) is 13.9 Å². The van der Waals surface area contributed by atoms with Crippen molar-refractivity contribution in [1.82, 2.24) is 19.6 Å². The first-order chi connectivity index (χ1) is 13.6. The summed E-state index contributed by atoms with van der Waals surface area (Å²) in [5.74, 6) is 0.180. The van der Waals surface area contributed by atoms with E-state index in [2.05, 4.69) is 20.3 Å². The van der Waals surface area contributed by atoms with Crippen LogP contribution in [-0.4, -0.2) is 32.0 Å². The number of aromatic nitrogens is 4. The van der Waals surface area contributed by atoms with Gasteiger partial charge in [-0.3, -0.25) is 9.78 Å². The average Bonchev–Trinajstić information content (AvgIpc) is 3.33. The van der Waals surface area contributed by atoms with E-state index in [0.29, 0.717) is 24.2 Å². The molecule has 1 fully saturated rings. The lowest BCUT2D eigenvalue weighted by Gasteiger charge is -2.27. The smallest absolute Gasteiger partial charge is 0.227 e. The molecule has 5 heterocycles. The number of carbonyl (C=O) groups is 1. The van der Waals surface area contributed by atoms with Crippen molar-refractivity contribution < 1.29 is 9.18 Å². The lowest BCUT2D eigenvalue weighted by Crippen LogP contribution is -2.25. The summed E-state index contributed by atoms with van der Waals surface area (Å²) in [6, 6.07) is 3.54. The van der Waals surface area contributed by atoms with Crippen LogP contribution in [0.1, 0.15) is 43.5 Å². The van der Waals surface area contributed by atoms with E-state index in [4.69, 9.17) is 4.98 Å². The molecule has 2 atom stereocenters. The molecule has 28 heavy (non-hydrogen) atoms. The van der Waals surface area contributed by atoms with Gasteiger partial charge < -0.3 is 10.2 Å². The third-order valence-corrected chi connectivity index (χ3v) is 5.75. The Morgan fingerprint density at radius 2 is 2.18 bits per heavy atom. The number of rotatable bonds is 0. The molecule has 7 nitrogen and oxygen atoms in total. The molecule has 3 aromatic heterocycles. The van der Waals surface area contributed by atoms with Crippen molar-refractivity contribution in [2.75, 3.05) is 16.8 Å². The fraction of sp³-hybridized carbons (Fsp3) is 0.400. The zero-order chi connectivity index (χ0) is 19.3. The maximum atomic E-state index is 14.1. The second-order valence-corrected chi connectivity index (χ2v) is 7.58. The average molecular weight is 380 g/mol. The molecule has 1 amide bonds. The first-order valence-electron chi connectivity index (χ1n) is 9.66. The van der Waals surface area contributed by atoms with E-state index in [1.54, 1.807) is 16.8 Å². The molecule has 2 aliphatic rings. The molecule has 1 saturated heterocycles. The van der Waals surface area contributed by atoms with Crippen LogP contribution in [-0.2, 0) is 11.2 Å². The molecule has 3 aromatic rings. The number of carbonyl (C=O) groups excluding carboxylic acids is 1. The standard InChI is InChI=1S/C20H21FN6O/c1-12-4-5-15-14(9-13(21)10-22-15)17-3-2-7-26(17)18-6-8-27-19(25-18)16(11-23-27)24-20(12)28/h6,8-12,17H,2-5,7H2,1H3,(H,24,28)/t12-,17-/m1/s1. The van der Waals surface area contributed by atoms with Crippen molar-refractivity contribution in [2.24, 2.45) is 5.92 Å². The fourth-order valence-electron chi connectivity index (χ4n) is 4.19. The number of nitrogens with zero attached hydrogens (tertiary/aromatic N) is 5. The number of fused-ring (bicyclic) bond motifs is 5. The molecule has 0 radical (unpaired) electrons. The van der Waals surface area contributed by atoms with Crippen molar-refractivity contribution in [3.8, 4) is 0 Å². The van der Waals surface area contributed by atoms with E-state index < -0.39 is 0 Å². The Morgan fingerprint density at radius 3 is 3.07 bits per heavy atom. The van der Waals surface area contributed by atoms with Gasteiger partial charge in [-0.15, -0.1) is 0 Å². The molecule has 2 aliphatic heterocycles. The number of hydrogen-bond donors (Lipinski definition) is 1. The predicted molar refractivity (Wildman–Crippen MR) is 103 cm³/mol. The second kappa shape index (κ2) is 6.54. The summed E-state index contributed by atoms with van der Waals surface area (Å²) in [4.78, 5) is 24.0. The number of pyridine rings is 1. The highest BCUT2D eigenvalue weighted by atomic mass is 19.1. The van der Waals surface area contributed by atoms with Crippen LogP contribution in [0.4, 0.5) is 15.9 Å². The molecule has 0 saturated carbocycles. The van der Waals surface area contributed by atoms with Crippen LogP contribution in [0.15, 0.2) is 30.7 Å². The summed E-state index contributed by atoms with van der Waals surface area (Å²) in [5.41, 5.74) is 2.98. The van der Waals surface area contributed by atoms with Crippen molar-refractivity contribution in [1.29, 1.82) is 0 Å². The van der Waals surface area contributed by atoms with Crippen LogP contribution < -0.4 is 10.2 Å². The summed E-state index contributed by atoms with van der Waals surface area (Å²) in [5, 5.41) is 7.24. The van der Waals surface area contributed by atoms with Gasteiger partial charge in [-0.1, -0.05) is 6.92 Å². The van der Waals surface area contributed by atoms with E-state index in [-0.39, 0.29) is 23.7 Å². The molecular weight excluding hydrogens is 359 g/mol. The van der Waals surface area contributed by atoms with Gasteiger partial charge in [0.05, 0.1) is 18.4 Å². The van der Waals surface area contributed by atoms with E-state index in [0.717, 1.165) is 36.5 Å². The van der Waals surface area contributed by atoms with E-state index in [1.165, 1.54) is 6.20 Å². The number of halogens is 1. The number of nitrogens with one attached hydrogen (secondary N) is 1. The maximum absolute atomic E-state index is 14.1. The molecular formula is C20H21FN6O. The number of amides is 1. The molecule has 2 bridgehead atoms. The minimum atomic E-state index is -0.331. The Kier molecular flexibility index (Phi) is 3.99. The second-order valence-electron chi connectivity index (χ2n) is 7.58. The van der Waals surface area contributed by atoms with Crippen LogP contribution in [0.3, 0.4) is 0 Å². The van der Waals surface area contributed by atoms with Gasteiger partial charge in [-0.05, 0) is 43.4 Å². The summed E-state index contributed by atoms with van der Waals surface area (Å²) < 4.78 is 15.7. The van der Waals surface area contributed by atoms with Crippen LogP contribution >= 0.6 is 0 Å². The Morgan fingerprint density at radius 1 is 1.29 bits per heavy atom. The van der Waals surface area contributed by atoms with E-state index >= 15 is 0 Å². The Labute approximate surface area is 161 Å². The van der Waals surface area contributed by atoms with Crippen LogP contribution in [0, 0.1) is 11.7 Å². The Hall–Kier alpha value is -3.03. The summed E-state index contributed by atoms with van der Waals surface area (Å²) in [7, 11) is 0. The van der Waals surface area contributed by atoms with E-state index in [1.807, 2.05) is 19.2 Å². The number of hydrogen-bond acceptors (Lipinski definition) is 5. The normalized spacial score (nSPS) is 22.2. The van der Waals surface area contributed by atoms with Crippen molar-refractivity contribution in [3.63, 3.8) is 0 Å². The molecule has 8 heteroatoms. The van der Waals surface area contributed by atoms with Crippen molar-refractivity contribution in [3.05, 3.63) is 47.8 Å². The van der Waals surface area contributed by atoms with Gasteiger partial charge in [0.1, 0.15) is 17.3 Å². The SMILES string of the molecule is C[C@@H]1CCc2ncc(F)cc2[C@H]2CCCN2c2ccn3ncc(c3n2)NC1=O. The number of aryl methyl sites for hydroxylation is 1. The first-order valence-corrected chi connectivity index (χ1v) is 9.66. The van der Waals surface area contributed by atoms with Crippen LogP contribution in [0.2, 0.25) is 0 Å². The lowest BCUT2D eigenvalue weighted by molar-refractivity contribution is -0.119. The Balaban J connectivity index is 1.68. The minimum absolute atomic E-state index is 0.0271. The molecule has 1 N–H and O–H groups in total. The van der Waals surface area contributed by atoms with Gasteiger partial charge in [0.15, 0.2) is 5.65 Å². The minimum Gasteiger partial charge on any atom is -0.349 e. The van der Waals surface area contributed by atoms with Crippen LogP contribution in [0.25, 0.3) is 5.65 Å². The van der Waals surface area contributed by atoms with Gasteiger partial charge in [0.25, 0.3) is 0 Å². The molecule has 0 unspecified atom stereocenters. The lowest BCUT2D eigenvalue weighted by atomic mass is 9.96. The quantitative estimate of drug-likeness (QED) is 0.649. The largest absolute Gasteiger partial charge is 0.349 e. The maximum Gasteiger partial charge on any atom is 0.227 e. The van der Waals surface area contributed by atoms with Crippen molar-refractivity contribution in [2.45, 2.75) is 38.6 Å². The van der Waals surface area contributed by atoms with Gasteiger partial charge in [0.2, 0.25) is 5.91 Å². The molecule has 0 aliphatic carbocycles. The predicted octanol–water partition coefficient (Wildman–Crippen LogP) is 3.13. The topological polar surface area (TPSA) is 75.4 Å². The number of anilines is 2. The molecule has 0 aromatic carbocycles. The highest BCUT2D eigenvalue weighted by Crippen LogP contribution is 2.37. The summed E-state index contributed by atoms with van der Waals surface area (Å²) in [6.07, 6.45) is 7.93. The molecule has 144 valence electrons. The van der Waals surface area contributed by atoms with Gasteiger partial charge in [0, 0.05) is 24.4 Å². The monoisotopic (exact) mass is 380 g/mol. The van der Waals surface area contributed by atoms with Gasteiger partial charge >= 0.3 is 0 Å². The third-order valence-electron chi connectivity index (χ3n) is 5.75. The molecule has 0 spiro atoms. The fourth-order valence-corrected chi connectivity index (χ4v) is 4.19.